The third-order valence-electron chi connectivity index (χ3n) is 10.5. The Morgan fingerprint density at radius 1 is 1.10 bits per heavy atom. The molecule has 2 aromatic carbocycles. The van der Waals surface area contributed by atoms with E-state index < -0.39 is 46.6 Å². The maximum absolute atomic E-state index is 14.4. The molecule has 3 aliphatic heterocycles. The Bertz CT molecular complexity index is 2220. The molecule has 0 aliphatic carbocycles. The minimum absolute atomic E-state index is 0. The second-order valence-electron chi connectivity index (χ2n) is 15.1. The molecule has 0 spiro atoms. The number of hydrogen-bond donors (Lipinski definition) is 3. The van der Waals surface area contributed by atoms with Gasteiger partial charge in [-0.3, -0.25) is 39.2 Å². The molecule has 1 unspecified atom stereocenters. The summed E-state index contributed by atoms with van der Waals surface area (Å²) in [6.45, 7) is 10.2. The van der Waals surface area contributed by atoms with Gasteiger partial charge in [-0.25, -0.2) is 9.37 Å². The molecule has 0 bridgehead atoms. The number of rotatable bonds is 12. The first-order valence-corrected chi connectivity index (χ1v) is 19.4. The fourth-order valence-corrected chi connectivity index (χ4v) is 7.94. The number of imide groups is 1. The number of piperidine rings is 1. The Balaban J connectivity index is 0.00000683. The number of pyridine rings is 1. The number of alkyl halides is 3. The average Bonchev–Trinajstić information content (AvgIpc) is 3.34. The number of anilines is 4. The fourth-order valence-electron chi connectivity index (χ4n) is 7.42. The number of carbonyl (C=O) groups is 4. The highest BCUT2D eigenvalue weighted by Crippen LogP contribution is 2.40. The number of carbonyl (C=O) groups excluding carboxylic acids is 4. The molecule has 3 aliphatic rings. The predicted molar refractivity (Wildman–Crippen MR) is 221 cm³/mol. The molecule has 2 atom stereocenters. The lowest BCUT2D eigenvalue weighted by Gasteiger charge is -2.39. The van der Waals surface area contributed by atoms with Gasteiger partial charge in [-0.2, -0.15) is 18.4 Å². The Hall–Kier alpha value is -5.42. The Kier molecular flexibility index (Phi) is 14.0. The number of halogens is 5. The molecular weight excluding hydrogens is 830 g/mol. The standard InChI is InChI=1S/C40H43F4N9O5S.ClH/c1-5-24-14-28(53-38(59)52(37(57)39(53,3)4)29-18-30(40(42,43)44)32(19-45)46-20-29)6-8-33(24)58-13-12-50-10-11-51(23(2)21-50)22-35(55)48-27-16-25(41)15-26(17-27)47-31-7-9-34(54)49-36(31)56;/h6,8,14-18,20,23,31,47H,5,7,9-13,21-22H2,1-4H3,(H,48,55)(H,49,54,56);1H/t23-,31?;/m1./s1. The number of hydrogen-bond acceptors (Lipinski definition) is 11. The van der Waals surface area contributed by atoms with Crippen LogP contribution >= 0.6 is 24.6 Å². The first kappa shape index (κ1) is 45.7. The monoisotopic (exact) mass is 873 g/mol. The number of aromatic nitrogens is 1. The highest BCUT2D eigenvalue weighted by atomic mass is 35.5. The summed E-state index contributed by atoms with van der Waals surface area (Å²) in [5, 5.41) is 17.1. The van der Waals surface area contributed by atoms with Crippen molar-refractivity contribution in [3.05, 3.63) is 71.3 Å². The van der Waals surface area contributed by atoms with E-state index in [1.54, 1.807) is 30.9 Å². The molecule has 1 aromatic heterocycles. The van der Waals surface area contributed by atoms with Gasteiger partial charge in [0.15, 0.2) is 10.8 Å². The number of nitrogens with one attached hydrogen (secondary N) is 3. The summed E-state index contributed by atoms with van der Waals surface area (Å²) in [5.74, 6) is -1.70. The Labute approximate surface area is 355 Å². The zero-order valence-corrected chi connectivity index (χ0v) is 34.8. The quantitative estimate of drug-likeness (QED) is 0.123. The number of benzene rings is 2. The number of nitriles is 1. The minimum Gasteiger partial charge on any atom is -0.492 e. The van der Waals surface area contributed by atoms with Gasteiger partial charge in [0.25, 0.3) is 5.91 Å². The van der Waals surface area contributed by atoms with Crippen LogP contribution in [-0.4, -0.2) is 100 Å². The molecule has 0 saturated carbocycles. The Morgan fingerprint density at radius 3 is 2.50 bits per heavy atom. The normalized spacial score (nSPS) is 19.7. The van der Waals surface area contributed by atoms with Crippen molar-refractivity contribution in [2.24, 2.45) is 0 Å². The van der Waals surface area contributed by atoms with Crippen LogP contribution in [0.2, 0.25) is 0 Å². The lowest BCUT2D eigenvalue weighted by atomic mass is 10.0. The van der Waals surface area contributed by atoms with Crippen LogP contribution in [0.25, 0.3) is 0 Å². The van der Waals surface area contributed by atoms with Crippen LogP contribution in [-0.2, 0) is 31.8 Å². The number of ether oxygens (including phenoxy) is 1. The van der Waals surface area contributed by atoms with Crippen LogP contribution in [0, 0.1) is 17.1 Å². The van der Waals surface area contributed by atoms with Crippen LogP contribution in [0.1, 0.15) is 57.4 Å². The summed E-state index contributed by atoms with van der Waals surface area (Å²) in [5.41, 5.74) is -1.62. The lowest BCUT2D eigenvalue weighted by molar-refractivity contribution is -0.138. The number of amides is 4. The maximum atomic E-state index is 14.4. The third kappa shape index (κ3) is 9.95. The van der Waals surface area contributed by atoms with Crippen molar-refractivity contribution in [2.75, 3.05) is 59.8 Å². The first-order chi connectivity index (χ1) is 27.9. The van der Waals surface area contributed by atoms with E-state index in [1.807, 2.05) is 24.8 Å². The zero-order valence-electron chi connectivity index (χ0n) is 33.2. The summed E-state index contributed by atoms with van der Waals surface area (Å²) in [7, 11) is 0. The largest absolute Gasteiger partial charge is 0.492 e. The Morgan fingerprint density at radius 2 is 1.83 bits per heavy atom. The molecule has 3 fully saturated rings. The second-order valence-corrected chi connectivity index (χ2v) is 15.4. The minimum atomic E-state index is -4.87. The first-order valence-electron chi connectivity index (χ1n) is 19.0. The molecule has 60 heavy (non-hydrogen) atoms. The second kappa shape index (κ2) is 18.5. The molecule has 3 N–H and O–H groups in total. The molecule has 20 heteroatoms. The van der Waals surface area contributed by atoms with E-state index in [0.29, 0.717) is 62.4 Å². The van der Waals surface area contributed by atoms with Crippen LogP contribution in [0.3, 0.4) is 0 Å². The summed E-state index contributed by atoms with van der Waals surface area (Å²) in [6, 6.07) is 10.8. The highest BCUT2D eigenvalue weighted by Gasteiger charge is 2.51. The van der Waals surface area contributed by atoms with E-state index in [1.165, 1.54) is 24.3 Å². The molecule has 0 radical (unpaired) electrons. The van der Waals surface area contributed by atoms with Crippen molar-refractivity contribution in [1.29, 1.82) is 5.26 Å². The molecule has 4 heterocycles. The van der Waals surface area contributed by atoms with Gasteiger partial charge in [-0.1, -0.05) is 6.92 Å². The van der Waals surface area contributed by atoms with Crippen LogP contribution < -0.4 is 30.5 Å². The molecule has 3 saturated heterocycles. The van der Waals surface area contributed by atoms with Gasteiger partial charge in [0.1, 0.15) is 35.8 Å². The molecule has 320 valence electrons. The molecule has 3 aromatic rings. The van der Waals surface area contributed by atoms with Gasteiger partial charge in [0.05, 0.1) is 24.0 Å². The van der Waals surface area contributed by atoms with Crippen molar-refractivity contribution >= 4 is 76.1 Å². The third-order valence-corrected chi connectivity index (χ3v) is 10.9. The van der Waals surface area contributed by atoms with E-state index in [4.69, 9.17) is 22.2 Å². The predicted octanol–water partition coefficient (Wildman–Crippen LogP) is 5.25. The summed E-state index contributed by atoms with van der Waals surface area (Å²) < 4.78 is 61.9. The van der Waals surface area contributed by atoms with Crippen LogP contribution in [0.4, 0.5) is 40.3 Å². The molecule has 14 nitrogen and oxygen atoms in total. The van der Waals surface area contributed by atoms with E-state index in [-0.39, 0.29) is 66.1 Å². The van der Waals surface area contributed by atoms with E-state index in [2.05, 4.69) is 25.8 Å². The van der Waals surface area contributed by atoms with Gasteiger partial charge in [0, 0.05) is 55.7 Å². The van der Waals surface area contributed by atoms with Crippen molar-refractivity contribution in [3.63, 3.8) is 0 Å². The number of piperazine rings is 1. The number of thiocarbonyl (C=S) groups is 1. The summed E-state index contributed by atoms with van der Waals surface area (Å²) >= 11 is 5.67. The number of aryl methyl sites for hydroxylation is 1. The van der Waals surface area contributed by atoms with Gasteiger partial charge in [0.2, 0.25) is 17.7 Å². The van der Waals surface area contributed by atoms with E-state index >= 15 is 0 Å². The van der Waals surface area contributed by atoms with Gasteiger partial charge >= 0.3 is 6.18 Å². The van der Waals surface area contributed by atoms with Crippen molar-refractivity contribution in [2.45, 2.75) is 70.8 Å². The van der Waals surface area contributed by atoms with Crippen molar-refractivity contribution in [1.82, 2.24) is 20.1 Å². The van der Waals surface area contributed by atoms with E-state index in [0.717, 1.165) is 16.7 Å². The summed E-state index contributed by atoms with van der Waals surface area (Å²) in [4.78, 5) is 60.8. The lowest BCUT2D eigenvalue weighted by Crippen LogP contribution is -2.54. The molecule has 4 amide bonds. The van der Waals surface area contributed by atoms with Crippen molar-refractivity contribution in [3.8, 4) is 11.8 Å². The van der Waals surface area contributed by atoms with Gasteiger partial charge in [-0.05, 0) is 93.9 Å². The topological polar surface area (TPSA) is 163 Å². The van der Waals surface area contributed by atoms with Gasteiger partial charge < -0.3 is 20.3 Å². The van der Waals surface area contributed by atoms with Crippen molar-refractivity contribution < 1.29 is 41.5 Å². The fraction of sp³-hybridized carbons (Fsp3) is 0.425. The van der Waals surface area contributed by atoms with Crippen LogP contribution in [0.15, 0.2) is 48.7 Å². The average molecular weight is 874 g/mol. The summed E-state index contributed by atoms with van der Waals surface area (Å²) in [6.07, 6.45) is -2.83. The SMILES string of the molecule is CCc1cc(N2C(=S)N(c3cnc(C#N)c(C(F)(F)F)c3)C(=O)C2(C)C)ccc1OCCN1CCN(CC(=O)Nc2cc(F)cc(NC3CCC(=O)NC3=O)c2)[C@H](C)C1.Cl. The van der Waals surface area contributed by atoms with E-state index in [9.17, 15) is 36.7 Å². The highest BCUT2D eigenvalue weighted by molar-refractivity contribution is 7.81. The molecular formula is C40H44ClF4N9O5S. The maximum Gasteiger partial charge on any atom is 0.419 e. The smallest absolute Gasteiger partial charge is 0.419 e. The van der Waals surface area contributed by atoms with Gasteiger partial charge in [-0.15, -0.1) is 12.4 Å². The zero-order chi connectivity index (χ0) is 42.8. The molecule has 6 rings (SSSR count). The van der Waals surface area contributed by atoms with Crippen LogP contribution in [0.5, 0.6) is 5.75 Å². The number of nitrogens with zero attached hydrogens (tertiary/aromatic N) is 6.